The predicted molar refractivity (Wildman–Crippen MR) is 96.6 cm³/mol. The molecular formula is C17H26N4O3. The number of hydrogen-bond donors (Lipinski definition) is 2. The number of rotatable bonds is 10. The van der Waals surface area contributed by atoms with E-state index in [1.165, 1.54) is 0 Å². The second-order valence-electron chi connectivity index (χ2n) is 6.37. The minimum absolute atomic E-state index is 0.0222. The van der Waals surface area contributed by atoms with Crippen molar-refractivity contribution < 1.29 is 4.42 Å². The van der Waals surface area contributed by atoms with Gasteiger partial charge in [-0.15, -0.1) is 0 Å². The van der Waals surface area contributed by atoms with Crippen LogP contribution in [0.3, 0.4) is 0 Å². The number of nitrogens with one attached hydrogen (secondary N) is 2. The van der Waals surface area contributed by atoms with Gasteiger partial charge in [-0.25, -0.2) is 0 Å². The van der Waals surface area contributed by atoms with E-state index < -0.39 is 10.9 Å². The fourth-order valence-corrected chi connectivity index (χ4v) is 2.55. The molecule has 0 fully saturated rings. The van der Waals surface area contributed by atoms with Crippen LogP contribution < -0.4 is 21.5 Å². The Balaban J connectivity index is 1.96. The van der Waals surface area contributed by atoms with Crippen LogP contribution in [0.2, 0.25) is 0 Å². The van der Waals surface area contributed by atoms with Crippen molar-refractivity contribution in [2.45, 2.75) is 12.5 Å². The van der Waals surface area contributed by atoms with E-state index in [4.69, 9.17) is 4.42 Å². The van der Waals surface area contributed by atoms with Gasteiger partial charge in [0.05, 0.1) is 12.3 Å². The van der Waals surface area contributed by atoms with Gasteiger partial charge in [0.25, 0.3) is 10.9 Å². The maximum absolute atomic E-state index is 11.8. The van der Waals surface area contributed by atoms with Crippen molar-refractivity contribution in [1.29, 1.82) is 0 Å². The van der Waals surface area contributed by atoms with Crippen molar-refractivity contribution in [1.82, 2.24) is 9.80 Å². The summed E-state index contributed by atoms with van der Waals surface area (Å²) in [4.78, 5) is 27.7. The SMILES string of the molecule is CN(C)CCCNc1c(NCC(c2ccco2)N(C)C)c(=O)c1=O. The molecule has 0 amide bonds. The Kier molecular flexibility index (Phi) is 6.16. The lowest BCUT2D eigenvalue weighted by Crippen LogP contribution is -2.39. The zero-order valence-corrected chi connectivity index (χ0v) is 14.8. The maximum atomic E-state index is 11.8. The number of anilines is 2. The van der Waals surface area contributed by atoms with E-state index in [0.29, 0.717) is 24.5 Å². The molecule has 2 rings (SSSR count). The lowest BCUT2D eigenvalue weighted by molar-refractivity contribution is 0.269. The monoisotopic (exact) mass is 334 g/mol. The van der Waals surface area contributed by atoms with E-state index in [9.17, 15) is 9.59 Å². The summed E-state index contributed by atoms with van der Waals surface area (Å²) in [6.07, 6.45) is 2.53. The summed E-state index contributed by atoms with van der Waals surface area (Å²) < 4.78 is 5.45. The van der Waals surface area contributed by atoms with Gasteiger partial charge in [-0.1, -0.05) is 0 Å². The number of nitrogens with zero attached hydrogens (tertiary/aromatic N) is 2. The Morgan fingerprint density at radius 1 is 1.08 bits per heavy atom. The highest BCUT2D eigenvalue weighted by molar-refractivity contribution is 5.73. The largest absolute Gasteiger partial charge is 0.468 e. The van der Waals surface area contributed by atoms with E-state index in [-0.39, 0.29) is 6.04 Å². The van der Waals surface area contributed by atoms with Crippen LogP contribution in [-0.4, -0.2) is 57.6 Å². The van der Waals surface area contributed by atoms with Crippen LogP contribution >= 0.6 is 0 Å². The van der Waals surface area contributed by atoms with Crippen molar-refractivity contribution >= 4 is 11.4 Å². The van der Waals surface area contributed by atoms with E-state index in [0.717, 1.165) is 18.7 Å². The summed E-state index contributed by atoms with van der Waals surface area (Å²) >= 11 is 0. The van der Waals surface area contributed by atoms with E-state index in [1.54, 1.807) is 6.26 Å². The van der Waals surface area contributed by atoms with Gasteiger partial charge >= 0.3 is 0 Å². The molecule has 0 saturated heterocycles. The Hall–Kier alpha value is -2.12. The van der Waals surface area contributed by atoms with Gasteiger partial charge in [0.1, 0.15) is 17.1 Å². The molecule has 7 heteroatoms. The van der Waals surface area contributed by atoms with Gasteiger partial charge in [-0.2, -0.15) is 0 Å². The van der Waals surface area contributed by atoms with Crippen LogP contribution in [0.1, 0.15) is 18.2 Å². The summed E-state index contributed by atoms with van der Waals surface area (Å²) in [7, 11) is 7.88. The fraction of sp³-hybridized carbons (Fsp3) is 0.529. The molecule has 7 nitrogen and oxygen atoms in total. The predicted octanol–water partition coefficient (Wildman–Crippen LogP) is 0.954. The Labute approximate surface area is 141 Å². The second kappa shape index (κ2) is 8.12. The summed E-state index contributed by atoms with van der Waals surface area (Å²) in [6, 6.07) is 3.71. The number of likely N-dealkylation sites (N-methyl/N-ethyl adjacent to an activating group) is 1. The van der Waals surface area contributed by atoms with Crippen LogP contribution in [0, 0.1) is 0 Å². The lowest BCUT2D eigenvalue weighted by atomic mass is 10.1. The Morgan fingerprint density at radius 3 is 2.29 bits per heavy atom. The van der Waals surface area contributed by atoms with Gasteiger partial charge in [0, 0.05) is 13.1 Å². The normalized spacial score (nSPS) is 12.9. The molecule has 1 aromatic carbocycles. The first-order valence-corrected chi connectivity index (χ1v) is 8.07. The average molecular weight is 334 g/mol. The molecule has 1 atom stereocenters. The molecule has 0 bridgehead atoms. The minimum Gasteiger partial charge on any atom is -0.468 e. The van der Waals surface area contributed by atoms with Crippen molar-refractivity contribution in [2.75, 3.05) is 58.5 Å². The van der Waals surface area contributed by atoms with Gasteiger partial charge in [-0.05, 0) is 53.3 Å². The molecule has 0 aliphatic rings. The molecule has 0 saturated carbocycles. The standard InChI is InChI=1S/C17H26N4O3/c1-20(2)9-6-8-18-14-15(17(23)16(14)22)19-11-12(21(3)4)13-7-5-10-24-13/h5,7,10,12,18-19H,6,8-9,11H2,1-4H3. The van der Waals surface area contributed by atoms with Crippen molar-refractivity contribution in [3.63, 3.8) is 0 Å². The summed E-state index contributed by atoms with van der Waals surface area (Å²) in [5, 5.41) is 6.18. The van der Waals surface area contributed by atoms with Crippen molar-refractivity contribution in [2.24, 2.45) is 0 Å². The molecule has 0 radical (unpaired) electrons. The first kappa shape index (κ1) is 18.2. The number of hydrogen-bond acceptors (Lipinski definition) is 7. The molecule has 0 aliphatic carbocycles. The smallest absolute Gasteiger partial charge is 0.253 e. The van der Waals surface area contributed by atoms with E-state index >= 15 is 0 Å². The third-order valence-corrected chi connectivity index (χ3v) is 3.96. The molecule has 1 aromatic heterocycles. The first-order valence-electron chi connectivity index (χ1n) is 8.07. The van der Waals surface area contributed by atoms with Crippen molar-refractivity contribution in [3.05, 3.63) is 44.6 Å². The first-order chi connectivity index (χ1) is 11.4. The summed E-state index contributed by atoms with van der Waals surface area (Å²) in [5.74, 6) is 0.812. The lowest BCUT2D eigenvalue weighted by Gasteiger charge is -2.24. The van der Waals surface area contributed by atoms with Gasteiger partial charge < -0.3 is 20.0 Å². The van der Waals surface area contributed by atoms with E-state index in [2.05, 4.69) is 15.5 Å². The fourth-order valence-electron chi connectivity index (χ4n) is 2.55. The molecule has 24 heavy (non-hydrogen) atoms. The highest BCUT2D eigenvalue weighted by Crippen LogP contribution is 2.21. The van der Waals surface area contributed by atoms with Crippen LogP contribution in [0.5, 0.6) is 0 Å². The van der Waals surface area contributed by atoms with Gasteiger partial charge in [0.2, 0.25) is 0 Å². The van der Waals surface area contributed by atoms with Crippen LogP contribution in [0.25, 0.3) is 0 Å². The summed E-state index contributed by atoms with van der Waals surface area (Å²) in [5.41, 5.74) is -0.122. The quantitative estimate of drug-likeness (QED) is 0.495. The molecule has 0 aliphatic heterocycles. The number of furan rings is 1. The molecule has 2 aromatic rings. The molecule has 0 spiro atoms. The highest BCUT2D eigenvalue weighted by atomic mass is 16.3. The molecule has 1 unspecified atom stereocenters. The van der Waals surface area contributed by atoms with Crippen LogP contribution in [-0.2, 0) is 0 Å². The maximum Gasteiger partial charge on any atom is 0.253 e. The Bertz CT molecular complexity index is 700. The summed E-state index contributed by atoms with van der Waals surface area (Å²) in [6.45, 7) is 2.07. The average Bonchev–Trinajstić information content (AvgIpc) is 3.05. The van der Waals surface area contributed by atoms with E-state index in [1.807, 2.05) is 45.2 Å². The minimum atomic E-state index is -0.456. The van der Waals surface area contributed by atoms with Crippen molar-refractivity contribution in [3.8, 4) is 0 Å². The zero-order chi connectivity index (χ0) is 17.7. The molecule has 132 valence electrons. The third-order valence-electron chi connectivity index (χ3n) is 3.96. The van der Waals surface area contributed by atoms with Gasteiger partial charge in [-0.3, -0.25) is 14.5 Å². The molecule has 1 heterocycles. The zero-order valence-electron chi connectivity index (χ0n) is 14.8. The topological polar surface area (TPSA) is 77.8 Å². The van der Waals surface area contributed by atoms with Gasteiger partial charge in [0.15, 0.2) is 0 Å². The van der Waals surface area contributed by atoms with Crippen LogP contribution in [0.4, 0.5) is 11.4 Å². The van der Waals surface area contributed by atoms with Crippen LogP contribution in [0.15, 0.2) is 32.4 Å². The molecular weight excluding hydrogens is 308 g/mol. The highest BCUT2D eigenvalue weighted by Gasteiger charge is 2.23. The Morgan fingerprint density at radius 2 is 1.75 bits per heavy atom. The third kappa shape index (κ3) is 4.24. The molecule has 2 N–H and O–H groups in total. The second-order valence-corrected chi connectivity index (χ2v) is 6.37.